The average molecular weight is 305 g/mol. The largest absolute Gasteiger partial charge is 0.384 e. The third-order valence-corrected chi connectivity index (χ3v) is 6.17. The number of nitrogens with one attached hydrogen (secondary N) is 1. The summed E-state index contributed by atoms with van der Waals surface area (Å²) in [5.74, 6) is 0.267. The molecule has 106 valence electrons. The van der Waals surface area contributed by atoms with E-state index in [-0.39, 0.29) is 28.3 Å². The van der Waals surface area contributed by atoms with E-state index in [9.17, 15) is 16.8 Å². The van der Waals surface area contributed by atoms with E-state index >= 15 is 0 Å². The molecule has 19 heavy (non-hydrogen) atoms. The molecule has 2 rings (SSSR count). The number of sulfone groups is 1. The fourth-order valence-corrected chi connectivity index (χ4v) is 4.59. The van der Waals surface area contributed by atoms with Gasteiger partial charge in [-0.25, -0.2) is 26.5 Å². The van der Waals surface area contributed by atoms with Crippen LogP contribution in [0.1, 0.15) is 12.8 Å². The Bertz CT molecular complexity index is 639. The lowest BCUT2D eigenvalue weighted by Gasteiger charge is -2.22. The van der Waals surface area contributed by atoms with Gasteiger partial charge in [0.1, 0.15) is 20.6 Å². The molecule has 0 aromatic carbocycles. The monoisotopic (exact) mass is 305 g/mol. The predicted molar refractivity (Wildman–Crippen MR) is 70.6 cm³/mol. The summed E-state index contributed by atoms with van der Waals surface area (Å²) in [5, 5.41) is 0. The van der Waals surface area contributed by atoms with Crippen molar-refractivity contribution in [2.75, 3.05) is 17.2 Å². The molecule has 0 unspecified atom stereocenters. The van der Waals surface area contributed by atoms with E-state index < -0.39 is 19.9 Å². The number of hydrogen-bond acceptors (Lipinski definition) is 6. The predicted octanol–water partition coefficient (Wildman–Crippen LogP) is -0.481. The van der Waals surface area contributed by atoms with Crippen molar-refractivity contribution in [2.24, 2.45) is 0 Å². The molecule has 0 bridgehead atoms. The molecule has 7 nitrogen and oxygen atoms in total. The van der Waals surface area contributed by atoms with Crippen LogP contribution in [0.15, 0.2) is 23.2 Å². The molecule has 0 aliphatic carbocycles. The highest BCUT2D eigenvalue weighted by atomic mass is 32.2. The van der Waals surface area contributed by atoms with Crippen LogP contribution in [0.25, 0.3) is 0 Å². The fourth-order valence-electron chi connectivity index (χ4n) is 1.85. The van der Waals surface area contributed by atoms with Gasteiger partial charge in [-0.1, -0.05) is 0 Å². The van der Waals surface area contributed by atoms with Gasteiger partial charge in [0.05, 0.1) is 11.5 Å². The third kappa shape index (κ3) is 3.64. The van der Waals surface area contributed by atoms with Gasteiger partial charge in [-0.2, -0.15) is 0 Å². The van der Waals surface area contributed by atoms with Crippen LogP contribution in [-0.2, 0) is 19.9 Å². The first-order chi connectivity index (χ1) is 8.78. The number of anilines is 1. The van der Waals surface area contributed by atoms with E-state index in [0.29, 0.717) is 12.8 Å². The molecule has 1 saturated heterocycles. The molecular formula is C10H15N3O4S2. The molecule has 0 saturated carbocycles. The molecule has 1 aliphatic rings. The number of pyridine rings is 1. The first-order valence-electron chi connectivity index (χ1n) is 5.73. The van der Waals surface area contributed by atoms with Crippen LogP contribution in [-0.4, -0.2) is 39.4 Å². The number of hydrogen-bond donors (Lipinski definition) is 2. The van der Waals surface area contributed by atoms with Gasteiger partial charge in [-0.05, 0) is 25.0 Å². The molecule has 1 aromatic rings. The van der Waals surface area contributed by atoms with Crippen molar-refractivity contribution in [3.63, 3.8) is 0 Å². The van der Waals surface area contributed by atoms with E-state index in [0.717, 1.165) is 0 Å². The number of aromatic nitrogens is 1. The second-order valence-corrected chi connectivity index (χ2v) is 8.48. The maximum atomic E-state index is 12.0. The zero-order valence-electron chi connectivity index (χ0n) is 10.1. The van der Waals surface area contributed by atoms with Crippen LogP contribution in [0.3, 0.4) is 0 Å². The molecule has 0 atom stereocenters. The maximum Gasteiger partial charge on any atom is 0.242 e. The zero-order valence-corrected chi connectivity index (χ0v) is 11.7. The second-order valence-electron chi connectivity index (χ2n) is 4.47. The second kappa shape index (κ2) is 5.06. The number of nitrogen functional groups attached to an aromatic ring is 1. The van der Waals surface area contributed by atoms with Crippen molar-refractivity contribution in [3.8, 4) is 0 Å². The molecule has 0 amide bonds. The van der Waals surface area contributed by atoms with Gasteiger partial charge in [0.15, 0.2) is 0 Å². The quantitative estimate of drug-likeness (QED) is 0.778. The summed E-state index contributed by atoms with van der Waals surface area (Å²) in [7, 11) is -6.68. The van der Waals surface area contributed by atoms with Crippen molar-refractivity contribution in [2.45, 2.75) is 23.8 Å². The first kappa shape index (κ1) is 14.2. The summed E-state index contributed by atoms with van der Waals surface area (Å²) >= 11 is 0. The molecule has 3 N–H and O–H groups in total. The summed E-state index contributed by atoms with van der Waals surface area (Å²) < 4.78 is 49.1. The van der Waals surface area contributed by atoms with Gasteiger partial charge < -0.3 is 5.73 Å². The Hall–Kier alpha value is -1.19. The highest BCUT2D eigenvalue weighted by Gasteiger charge is 2.27. The minimum Gasteiger partial charge on any atom is -0.384 e. The van der Waals surface area contributed by atoms with Gasteiger partial charge in [0, 0.05) is 12.2 Å². The molecular weight excluding hydrogens is 290 g/mol. The first-order valence-corrected chi connectivity index (χ1v) is 9.03. The number of nitrogens with zero attached hydrogens (tertiary/aromatic N) is 1. The van der Waals surface area contributed by atoms with Crippen molar-refractivity contribution < 1.29 is 16.8 Å². The van der Waals surface area contributed by atoms with Crippen molar-refractivity contribution >= 4 is 25.7 Å². The standard InChI is InChI=1S/C10H15N3O4S2/c11-10-2-1-9(7-12-10)19(16,17)13-8-3-5-18(14,15)6-4-8/h1-2,7-8,13H,3-6H2,(H2,11,12). The topological polar surface area (TPSA) is 119 Å². The number of nitrogens with two attached hydrogens (primary N) is 1. The highest BCUT2D eigenvalue weighted by Crippen LogP contribution is 2.16. The molecule has 2 heterocycles. The van der Waals surface area contributed by atoms with Gasteiger partial charge in [0.25, 0.3) is 0 Å². The Morgan fingerprint density at radius 3 is 2.42 bits per heavy atom. The van der Waals surface area contributed by atoms with Crippen LogP contribution < -0.4 is 10.5 Å². The zero-order chi connectivity index (χ0) is 14.1. The van der Waals surface area contributed by atoms with E-state index in [4.69, 9.17) is 5.73 Å². The molecule has 9 heteroatoms. The fraction of sp³-hybridized carbons (Fsp3) is 0.500. The van der Waals surface area contributed by atoms with Crippen LogP contribution in [0.5, 0.6) is 0 Å². The van der Waals surface area contributed by atoms with Crippen molar-refractivity contribution in [1.29, 1.82) is 0 Å². The Morgan fingerprint density at radius 1 is 1.26 bits per heavy atom. The summed E-state index contributed by atoms with van der Waals surface area (Å²) in [6.45, 7) is 0. The maximum absolute atomic E-state index is 12.0. The molecule has 1 aliphatic heterocycles. The smallest absolute Gasteiger partial charge is 0.242 e. The third-order valence-electron chi connectivity index (χ3n) is 2.95. The van der Waals surface area contributed by atoms with Gasteiger partial charge in [-0.3, -0.25) is 0 Å². The molecule has 0 radical (unpaired) electrons. The van der Waals surface area contributed by atoms with Gasteiger partial charge in [-0.15, -0.1) is 0 Å². The minimum absolute atomic E-state index is 0.0141. The van der Waals surface area contributed by atoms with Gasteiger partial charge >= 0.3 is 0 Å². The van der Waals surface area contributed by atoms with E-state index in [1.54, 1.807) is 0 Å². The van der Waals surface area contributed by atoms with Gasteiger partial charge in [0.2, 0.25) is 10.0 Å². The Labute approximate surface area is 112 Å². The van der Waals surface area contributed by atoms with Crippen LogP contribution in [0.4, 0.5) is 5.82 Å². The lowest BCUT2D eigenvalue weighted by Crippen LogP contribution is -2.40. The minimum atomic E-state index is -3.68. The summed E-state index contributed by atoms with van der Waals surface area (Å²) in [6.07, 6.45) is 1.77. The van der Waals surface area contributed by atoms with Crippen molar-refractivity contribution in [1.82, 2.24) is 9.71 Å². The van der Waals surface area contributed by atoms with Crippen LogP contribution >= 0.6 is 0 Å². The van der Waals surface area contributed by atoms with Crippen LogP contribution in [0.2, 0.25) is 0 Å². The Morgan fingerprint density at radius 2 is 1.89 bits per heavy atom. The summed E-state index contributed by atoms with van der Waals surface area (Å²) in [5.41, 5.74) is 5.39. The van der Waals surface area contributed by atoms with Crippen molar-refractivity contribution in [3.05, 3.63) is 18.3 Å². The van der Waals surface area contributed by atoms with E-state index in [1.807, 2.05) is 0 Å². The number of rotatable bonds is 3. The highest BCUT2D eigenvalue weighted by molar-refractivity contribution is 7.91. The average Bonchev–Trinajstić information content (AvgIpc) is 2.32. The Kier molecular flexibility index (Phi) is 3.79. The van der Waals surface area contributed by atoms with E-state index in [1.165, 1.54) is 18.3 Å². The molecule has 0 spiro atoms. The lowest BCUT2D eigenvalue weighted by molar-refractivity contribution is 0.505. The molecule has 1 aromatic heterocycles. The SMILES string of the molecule is Nc1ccc(S(=O)(=O)NC2CCS(=O)(=O)CC2)cn1. The Balaban J connectivity index is 2.08. The lowest BCUT2D eigenvalue weighted by atomic mass is 10.2. The normalized spacial score (nSPS) is 20.2. The van der Waals surface area contributed by atoms with Crippen LogP contribution in [0, 0.1) is 0 Å². The summed E-state index contributed by atoms with van der Waals surface area (Å²) in [4.78, 5) is 3.75. The summed E-state index contributed by atoms with van der Waals surface area (Å²) in [6, 6.07) is 2.41. The van der Waals surface area contributed by atoms with E-state index in [2.05, 4.69) is 9.71 Å². The number of sulfonamides is 1. The molecule has 1 fully saturated rings.